The number of aliphatic hydroxyl groups excluding tert-OH is 1. The molecule has 5 heteroatoms. The molecule has 0 spiro atoms. The zero-order chi connectivity index (χ0) is 15.3. The lowest BCUT2D eigenvalue weighted by atomic mass is 9.73. The second-order valence-electron chi connectivity index (χ2n) is 6.20. The van der Waals surface area contributed by atoms with E-state index in [-0.39, 0.29) is 23.2 Å². The average molecular weight is 294 g/mol. The fraction of sp³-hybridized carbons (Fsp3) is 0.625. The number of carbonyl (C=O) groups excluding carboxylic acids is 1. The molecule has 2 unspecified atom stereocenters. The van der Waals surface area contributed by atoms with Crippen molar-refractivity contribution in [1.29, 1.82) is 0 Å². The smallest absolute Gasteiger partial charge is 0.220 e. The van der Waals surface area contributed by atoms with Gasteiger partial charge >= 0.3 is 0 Å². The molecule has 2 rings (SSSR count). The van der Waals surface area contributed by atoms with Crippen LogP contribution in [0.5, 0.6) is 0 Å². The van der Waals surface area contributed by atoms with Gasteiger partial charge < -0.3 is 10.4 Å². The summed E-state index contributed by atoms with van der Waals surface area (Å²) in [5.41, 5.74) is 0.489. The second kappa shape index (κ2) is 6.98. The van der Waals surface area contributed by atoms with E-state index >= 15 is 0 Å². The molecule has 4 nitrogen and oxygen atoms in total. The molecule has 1 aromatic heterocycles. The standard InChI is InChI=1S/C16H23FN2O2/c1-16(7-3-2-4-14(16)20)11-19-15(21)6-5-12-8-13(17)10-18-9-12/h8-10,14,20H,2-7,11H2,1H3,(H,19,21). The quantitative estimate of drug-likeness (QED) is 0.875. The Kier molecular flexibility index (Phi) is 5.28. The average Bonchev–Trinajstić information content (AvgIpc) is 2.46. The molecule has 1 heterocycles. The van der Waals surface area contributed by atoms with Crippen molar-refractivity contribution in [2.45, 2.75) is 51.6 Å². The topological polar surface area (TPSA) is 62.2 Å². The monoisotopic (exact) mass is 294 g/mol. The van der Waals surface area contributed by atoms with Crippen molar-refractivity contribution < 1.29 is 14.3 Å². The summed E-state index contributed by atoms with van der Waals surface area (Å²) in [6.45, 7) is 2.52. The van der Waals surface area contributed by atoms with Crippen LogP contribution in [-0.4, -0.2) is 28.6 Å². The minimum Gasteiger partial charge on any atom is -0.392 e. The third-order valence-corrected chi connectivity index (χ3v) is 4.37. The minimum absolute atomic E-state index is 0.0711. The molecule has 1 aliphatic carbocycles. The van der Waals surface area contributed by atoms with E-state index < -0.39 is 0 Å². The van der Waals surface area contributed by atoms with Crippen LogP contribution in [0.1, 0.15) is 44.6 Å². The van der Waals surface area contributed by atoms with Crippen molar-refractivity contribution in [2.24, 2.45) is 5.41 Å². The SMILES string of the molecule is CC1(CNC(=O)CCc2cncc(F)c2)CCCCC1O. The Balaban J connectivity index is 1.77. The molecule has 0 saturated heterocycles. The van der Waals surface area contributed by atoms with Crippen LogP contribution in [0.2, 0.25) is 0 Å². The first-order valence-electron chi connectivity index (χ1n) is 7.54. The highest BCUT2D eigenvalue weighted by atomic mass is 19.1. The second-order valence-corrected chi connectivity index (χ2v) is 6.20. The number of aryl methyl sites for hydroxylation is 1. The predicted octanol–water partition coefficient (Wildman–Crippen LogP) is 2.21. The van der Waals surface area contributed by atoms with Crippen molar-refractivity contribution in [3.05, 3.63) is 29.8 Å². The Bertz CT molecular complexity index is 495. The number of rotatable bonds is 5. The molecule has 1 aliphatic rings. The van der Waals surface area contributed by atoms with Gasteiger partial charge in [0.1, 0.15) is 5.82 Å². The van der Waals surface area contributed by atoms with E-state index in [9.17, 15) is 14.3 Å². The number of nitrogens with one attached hydrogen (secondary N) is 1. The van der Waals surface area contributed by atoms with Crippen LogP contribution in [0.4, 0.5) is 4.39 Å². The van der Waals surface area contributed by atoms with Crippen LogP contribution < -0.4 is 5.32 Å². The van der Waals surface area contributed by atoms with E-state index in [1.165, 1.54) is 6.07 Å². The molecule has 0 bridgehead atoms. The molecule has 0 radical (unpaired) electrons. The molecular formula is C16H23FN2O2. The van der Waals surface area contributed by atoms with Gasteiger partial charge in [0, 0.05) is 24.6 Å². The maximum Gasteiger partial charge on any atom is 0.220 e. The molecule has 1 fully saturated rings. The third-order valence-electron chi connectivity index (χ3n) is 4.37. The number of halogens is 1. The molecule has 1 saturated carbocycles. The number of carbonyl (C=O) groups is 1. The normalized spacial score (nSPS) is 25.6. The van der Waals surface area contributed by atoms with Gasteiger partial charge in [-0.3, -0.25) is 9.78 Å². The van der Waals surface area contributed by atoms with E-state index in [1.807, 2.05) is 6.92 Å². The van der Waals surface area contributed by atoms with Gasteiger partial charge in [0.2, 0.25) is 5.91 Å². The fourth-order valence-corrected chi connectivity index (χ4v) is 2.83. The first kappa shape index (κ1) is 15.9. The third kappa shape index (κ3) is 4.49. The summed E-state index contributed by atoms with van der Waals surface area (Å²) < 4.78 is 13.0. The van der Waals surface area contributed by atoms with Gasteiger partial charge in [-0.1, -0.05) is 19.8 Å². The fourth-order valence-electron chi connectivity index (χ4n) is 2.83. The highest BCUT2D eigenvalue weighted by Crippen LogP contribution is 2.35. The van der Waals surface area contributed by atoms with E-state index in [0.29, 0.717) is 24.9 Å². The summed E-state index contributed by atoms with van der Waals surface area (Å²) in [6, 6.07) is 1.40. The Morgan fingerprint density at radius 2 is 2.33 bits per heavy atom. The van der Waals surface area contributed by atoms with Gasteiger partial charge in [-0.25, -0.2) is 4.39 Å². The summed E-state index contributed by atoms with van der Waals surface area (Å²) >= 11 is 0. The van der Waals surface area contributed by atoms with Crippen molar-refractivity contribution >= 4 is 5.91 Å². The molecule has 116 valence electrons. The van der Waals surface area contributed by atoms with Gasteiger partial charge in [0.05, 0.1) is 12.3 Å². The van der Waals surface area contributed by atoms with Crippen LogP contribution in [0.25, 0.3) is 0 Å². The van der Waals surface area contributed by atoms with Gasteiger partial charge in [0.25, 0.3) is 0 Å². The summed E-state index contributed by atoms with van der Waals surface area (Å²) in [5, 5.41) is 13.0. The number of amides is 1. The molecule has 0 aromatic carbocycles. The lowest BCUT2D eigenvalue weighted by molar-refractivity contribution is -0.122. The Morgan fingerprint density at radius 3 is 3.05 bits per heavy atom. The molecule has 0 aliphatic heterocycles. The van der Waals surface area contributed by atoms with Crippen molar-refractivity contribution in [1.82, 2.24) is 10.3 Å². The van der Waals surface area contributed by atoms with Gasteiger partial charge in [0.15, 0.2) is 0 Å². The Hall–Kier alpha value is -1.49. The summed E-state index contributed by atoms with van der Waals surface area (Å²) in [5.74, 6) is -0.455. The van der Waals surface area contributed by atoms with E-state index in [4.69, 9.17) is 0 Å². The van der Waals surface area contributed by atoms with Crippen LogP contribution in [0.15, 0.2) is 18.5 Å². The zero-order valence-electron chi connectivity index (χ0n) is 12.4. The lowest BCUT2D eigenvalue weighted by Gasteiger charge is -2.38. The van der Waals surface area contributed by atoms with Crippen LogP contribution in [-0.2, 0) is 11.2 Å². The number of hydrogen-bond donors (Lipinski definition) is 2. The molecule has 1 amide bonds. The lowest BCUT2D eigenvalue weighted by Crippen LogP contribution is -2.45. The first-order chi connectivity index (χ1) is 9.99. The van der Waals surface area contributed by atoms with E-state index in [2.05, 4.69) is 10.3 Å². The van der Waals surface area contributed by atoms with Crippen molar-refractivity contribution in [3.8, 4) is 0 Å². The zero-order valence-corrected chi connectivity index (χ0v) is 12.4. The van der Waals surface area contributed by atoms with Crippen molar-refractivity contribution in [2.75, 3.05) is 6.54 Å². The van der Waals surface area contributed by atoms with Crippen LogP contribution in [0.3, 0.4) is 0 Å². The number of aliphatic hydroxyl groups is 1. The number of nitrogens with zero attached hydrogens (tertiary/aromatic N) is 1. The van der Waals surface area contributed by atoms with Gasteiger partial charge in [-0.05, 0) is 30.9 Å². The molecule has 2 N–H and O–H groups in total. The van der Waals surface area contributed by atoms with E-state index in [0.717, 1.165) is 31.9 Å². The molecular weight excluding hydrogens is 271 g/mol. The summed E-state index contributed by atoms with van der Waals surface area (Å²) in [7, 11) is 0. The Morgan fingerprint density at radius 1 is 1.52 bits per heavy atom. The van der Waals surface area contributed by atoms with Gasteiger partial charge in [-0.15, -0.1) is 0 Å². The highest BCUT2D eigenvalue weighted by molar-refractivity contribution is 5.76. The number of aromatic nitrogens is 1. The predicted molar refractivity (Wildman–Crippen MR) is 78.1 cm³/mol. The van der Waals surface area contributed by atoms with Gasteiger partial charge in [-0.2, -0.15) is 0 Å². The first-order valence-corrected chi connectivity index (χ1v) is 7.54. The summed E-state index contributed by atoms with van der Waals surface area (Å²) in [4.78, 5) is 15.6. The van der Waals surface area contributed by atoms with Crippen LogP contribution in [0, 0.1) is 11.2 Å². The number of hydrogen-bond acceptors (Lipinski definition) is 3. The van der Waals surface area contributed by atoms with Crippen LogP contribution >= 0.6 is 0 Å². The van der Waals surface area contributed by atoms with E-state index in [1.54, 1.807) is 6.20 Å². The number of pyridine rings is 1. The highest BCUT2D eigenvalue weighted by Gasteiger charge is 2.35. The minimum atomic E-state index is -0.384. The largest absolute Gasteiger partial charge is 0.392 e. The molecule has 1 aromatic rings. The van der Waals surface area contributed by atoms with Crippen molar-refractivity contribution in [3.63, 3.8) is 0 Å². The molecule has 21 heavy (non-hydrogen) atoms. The maximum atomic E-state index is 13.0. The summed E-state index contributed by atoms with van der Waals surface area (Å²) in [6.07, 6.45) is 7.03. The Labute approximate surface area is 124 Å². The maximum absolute atomic E-state index is 13.0. The molecule has 2 atom stereocenters.